The average Bonchev–Trinajstić information content (AvgIpc) is 2.42. The lowest BCUT2D eigenvalue weighted by molar-refractivity contribution is -0.903. The standard InChI is InChI=1S/C18H23ClNO/c1-15-13-17(19)9-10-18(15)21-12-11-20(2,3)14-16-7-5-4-6-8-16/h4-10,13H,11-12,14H2,1-3H3/q+1. The van der Waals surface area contributed by atoms with Crippen molar-refractivity contribution < 1.29 is 9.22 Å². The number of hydrogen-bond donors (Lipinski definition) is 0. The third-order valence-electron chi connectivity index (χ3n) is 3.54. The highest BCUT2D eigenvalue weighted by atomic mass is 35.5. The minimum absolute atomic E-state index is 0.697. The molecule has 0 amide bonds. The van der Waals surface area contributed by atoms with Crippen molar-refractivity contribution in [1.82, 2.24) is 0 Å². The second-order valence-corrected chi connectivity index (χ2v) is 6.50. The van der Waals surface area contributed by atoms with Crippen LogP contribution in [0, 0.1) is 6.92 Å². The molecule has 2 nitrogen and oxygen atoms in total. The topological polar surface area (TPSA) is 9.23 Å². The van der Waals surface area contributed by atoms with Crippen molar-refractivity contribution in [2.45, 2.75) is 13.5 Å². The Morgan fingerprint density at radius 3 is 2.43 bits per heavy atom. The van der Waals surface area contributed by atoms with Gasteiger partial charge in [0.05, 0.1) is 14.1 Å². The van der Waals surface area contributed by atoms with Crippen molar-refractivity contribution in [3.63, 3.8) is 0 Å². The molecule has 0 saturated heterocycles. The van der Waals surface area contributed by atoms with Crippen molar-refractivity contribution in [3.8, 4) is 5.75 Å². The summed E-state index contributed by atoms with van der Waals surface area (Å²) in [7, 11) is 4.45. The van der Waals surface area contributed by atoms with Gasteiger partial charge in [0, 0.05) is 10.6 Å². The molecule has 0 aliphatic carbocycles. The third kappa shape index (κ3) is 5.07. The fourth-order valence-electron chi connectivity index (χ4n) is 2.33. The van der Waals surface area contributed by atoms with Crippen LogP contribution >= 0.6 is 11.6 Å². The van der Waals surface area contributed by atoms with E-state index in [1.807, 2.05) is 25.1 Å². The van der Waals surface area contributed by atoms with Crippen molar-refractivity contribution >= 4 is 11.6 Å². The maximum atomic E-state index is 5.96. The van der Waals surface area contributed by atoms with Crippen LogP contribution in [0.25, 0.3) is 0 Å². The van der Waals surface area contributed by atoms with Gasteiger partial charge in [-0.3, -0.25) is 0 Å². The van der Waals surface area contributed by atoms with Gasteiger partial charge >= 0.3 is 0 Å². The zero-order chi connectivity index (χ0) is 15.3. The average molecular weight is 305 g/mol. The van der Waals surface area contributed by atoms with E-state index >= 15 is 0 Å². The van der Waals surface area contributed by atoms with E-state index in [1.165, 1.54) is 5.56 Å². The SMILES string of the molecule is Cc1cc(Cl)ccc1OCC[N+](C)(C)Cc1ccccc1. The molecule has 0 heterocycles. The van der Waals surface area contributed by atoms with Crippen molar-refractivity contribution in [2.24, 2.45) is 0 Å². The lowest BCUT2D eigenvalue weighted by Gasteiger charge is -2.29. The van der Waals surface area contributed by atoms with E-state index in [0.29, 0.717) is 6.61 Å². The van der Waals surface area contributed by atoms with Gasteiger partial charge in [-0.2, -0.15) is 0 Å². The summed E-state index contributed by atoms with van der Waals surface area (Å²) in [6.45, 7) is 4.67. The van der Waals surface area contributed by atoms with Gasteiger partial charge in [0.1, 0.15) is 25.4 Å². The van der Waals surface area contributed by atoms with Crippen LogP contribution in [0.15, 0.2) is 48.5 Å². The number of nitrogens with zero attached hydrogens (tertiary/aromatic N) is 1. The van der Waals surface area contributed by atoms with E-state index in [2.05, 4.69) is 44.4 Å². The maximum absolute atomic E-state index is 5.96. The molecule has 3 heteroatoms. The fourth-order valence-corrected chi connectivity index (χ4v) is 2.56. The lowest BCUT2D eigenvalue weighted by Crippen LogP contribution is -2.42. The van der Waals surface area contributed by atoms with Crippen LogP contribution in [-0.4, -0.2) is 31.7 Å². The number of benzene rings is 2. The molecule has 0 saturated carbocycles. The summed E-state index contributed by atoms with van der Waals surface area (Å²) in [5.74, 6) is 0.916. The predicted octanol–water partition coefficient (Wildman–Crippen LogP) is 4.30. The van der Waals surface area contributed by atoms with E-state index in [9.17, 15) is 0 Å². The van der Waals surface area contributed by atoms with E-state index in [4.69, 9.17) is 16.3 Å². The second-order valence-electron chi connectivity index (χ2n) is 6.06. The number of quaternary nitrogens is 1. The summed E-state index contributed by atoms with van der Waals surface area (Å²) in [6, 6.07) is 16.3. The molecule has 0 spiro atoms. The van der Waals surface area contributed by atoms with Crippen LogP contribution in [0.5, 0.6) is 5.75 Å². The Kier molecular flexibility index (Phi) is 5.27. The Balaban J connectivity index is 1.87. The Morgan fingerprint density at radius 2 is 1.76 bits per heavy atom. The van der Waals surface area contributed by atoms with Gasteiger partial charge < -0.3 is 9.22 Å². The Bertz CT molecular complexity index is 581. The molecule has 0 aromatic heterocycles. The first-order valence-corrected chi connectivity index (χ1v) is 7.59. The van der Waals surface area contributed by atoms with Crippen LogP contribution in [0.1, 0.15) is 11.1 Å². The van der Waals surface area contributed by atoms with E-state index in [-0.39, 0.29) is 0 Å². The number of likely N-dealkylation sites (N-methyl/N-ethyl adjacent to an activating group) is 1. The molecule has 112 valence electrons. The van der Waals surface area contributed by atoms with Gasteiger partial charge in [0.15, 0.2) is 0 Å². The molecule has 2 aromatic rings. The van der Waals surface area contributed by atoms with Crippen molar-refractivity contribution in [2.75, 3.05) is 27.2 Å². The largest absolute Gasteiger partial charge is 0.487 e. The maximum Gasteiger partial charge on any atom is 0.137 e. The molecule has 2 aromatic carbocycles. The quantitative estimate of drug-likeness (QED) is 0.723. The number of halogens is 1. The van der Waals surface area contributed by atoms with Crippen molar-refractivity contribution in [3.05, 3.63) is 64.7 Å². The molecule has 0 unspecified atom stereocenters. The van der Waals surface area contributed by atoms with Gasteiger partial charge in [0.2, 0.25) is 0 Å². The first-order valence-electron chi connectivity index (χ1n) is 7.21. The molecule has 2 rings (SSSR count). The molecule has 0 aliphatic rings. The minimum atomic E-state index is 0.697. The van der Waals surface area contributed by atoms with E-state index < -0.39 is 0 Å². The molecule has 0 radical (unpaired) electrons. The summed E-state index contributed by atoms with van der Waals surface area (Å²) in [5.41, 5.74) is 2.43. The summed E-state index contributed by atoms with van der Waals surface area (Å²) >= 11 is 5.96. The summed E-state index contributed by atoms with van der Waals surface area (Å²) < 4.78 is 6.79. The molecule has 0 fully saturated rings. The number of aryl methyl sites for hydroxylation is 1. The molecule has 21 heavy (non-hydrogen) atoms. The van der Waals surface area contributed by atoms with Crippen LogP contribution in [0.4, 0.5) is 0 Å². The van der Waals surface area contributed by atoms with Gasteiger partial charge in [-0.1, -0.05) is 41.9 Å². The summed E-state index contributed by atoms with van der Waals surface area (Å²) in [4.78, 5) is 0. The third-order valence-corrected chi connectivity index (χ3v) is 3.78. The zero-order valence-corrected chi connectivity index (χ0v) is 13.7. The van der Waals surface area contributed by atoms with Crippen molar-refractivity contribution in [1.29, 1.82) is 0 Å². The monoisotopic (exact) mass is 304 g/mol. The van der Waals surface area contributed by atoms with Gasteiger partial charge in [-0.15, -0.1) is 0 Å². The van der Waals surface area contributed by atoms with Gasteiger partial charge in [0.25, 0.3) is 0 Å². The second kappa shape index (κ2) is 6.97. The zero-order valence-electron chi connectivity index (χ0n) is 13.0. The molecule has 0 atom stereocenters. The number of hydrogen-bond acceptors (Lipinski definition) is 1. The highest BCUT2D eigenvalue weighted by Crippen LogP contribution is 2.22. The van der Waals surface area contributed by atoms with E-state index in [0.717, 1.165) is 33.9 Å². The summed E-state index contributed by atoms with van der Waals surface area (Å²) in [5, 5.41) is 0.750. The predicted molar refractivity (Wildman–Crippen MR) is 88.8 cm³/mol. The van der Waals surface area contributed by atoms with E-state index in [1.54, 1.807) is 0 Å². The normalized spacial score (nSPS) is 11.4. The van der Waals surface area contributed by atoms with Gasteiger partial charge in [-0.25, -0.2) is 0 Å². The Morgan fingerprint density at radius 1 is 1.05 bits per heavy atom. The van der Waals surface area contributed by atoms with Crippen LogP contribution in [0.2, 0.25) is 5.02 Å². The van der Waals surface area contributed by atoms with Crippen LogP contribution in [-0.2, 0) is 6.54 Å². The Hall–Kier alpha value is -1.51. The first-order chi connectivity index (χ1) is 9.96. The smallest absolute Gasteiger partial charge is 0.137 e. The molecular formula is C18H23ClNO+. The first kappa shape index (κ1) is 15.9. The molecule has 0 bridgehead atoms. The highest BCUT2D eigenvalue weighted by molar-refractivity contribution is 6.30. The highest BCUT2D eigenvalue weighted by Gasteiger charge is 2.16. The molecule has 0 N–H and O–H groups in total. The minimum Gasteiger partial charge on any atom is -0.487 e. The number of rotatable bonds is 6. The summed E-state index contributed by atoms with van der Waals surface area (Å²) in [6.07, 6.45) is 0. The molecular weight excluding hydrogens is 282 g/mol. The molecule has 0 aliphatic heterocycles. The van der Waals surface area contributed by atoms with Crippen LogP contribution < -0.4 is 4.74 Å². The lowest BCUT2D eigenvalue weighted by atomic mass is 10.2. The fraction of sp³-hybridized carbons (Fsp3) is 0.333. The number of ether oxygens (including phenoxy) is 1. The Labute approximate surface area is 132 Å². The van der Waals surface area contributed by atoms with Gasteiger partial charge in [-0.05, 0) is 30.7 Å². The van der Waals surface area contributed by atoms with Crippen LogP contribution in [0.3, 0.4) is 0 Å².